The molecule has 0 aromatic carbocycles. The number of rotatable bonds is 2. The molecule has 0 radical (unpaired) electrons. The SMILES string of the molecule is Cc1ncn2c(CC(=O)O)cccc12. The summed E-state index contributed by atoms with van der Waals surface area (Å²) in [5.74, 6) is -0.830. The van der Waals surface area contributed by atoms with Crippen LogP contribution in [-0.4, -0.2) is 20.5 Å². The number of carboxylic acid groups (broad SMARTS) is 1. The molecule has 0 saturated heterocycles. The molecule has 0 saturated carbocycles. The zero-order valence-corrected chi connectivity index (χ0v) is 7.77. The van der Waals surface area contributed by atoms with Gasteiger partial charge >= 0.3 is 5.97 Å². The number of hydrogen-bond acceptors (Lipinski definition) is 2. The maximum absolute atomic E-state index is 10.6. The van der Waals surface area contributed by atoms with Crippen LogP contribution in [0.25, 0.3) is 5.52 Å². The van der Waals surface area contributed by atoms with E-state index >= 15 is 0 Å². The summed E-state index contributed by atoms with van der Waals surface area (Å²) in [6.45, 7) is 1.90. The van der Waals surface area contributed by atoms with Crippen molar-refractivity contribution in [3.63, 3.8) is 0 Å². The molecule has 14 heavy (non-hydrogen) atoms. The molecule has 72 valence electrons. The number of nitrogens with zero attached hydrogens (tertiary/aromatic N) is 2. The van der Waals surface area contributed by atoms with Gasteiger partial charge in [-0.2, -0.15) is 0 Å². The van der Waals surface area contributed by atoms with Gasteiger partial charge in [0, 0.05) is 5.69 Å². The van der Waals surface area contributed by atoms with Gasteiger partial charge in [0.2, 0.25) is 0 Å². The van der Waals surface area contributed by atoms with Gasteiger partial charge in [-0.05, 0) is 19.1 Å². The van der Waals surface area contributed by atoms with E-state index in [1.165, 1.54) is 0 Å². The predicted octanol–water partition coefficient (Wildman–Crippen LogP) is 1.27. The highest BCUT2D eigenvalue weighted by molar-refractivity contribution is 5.70. The second-order valence-corrected chi connectivity index (χ2v) is 3.17. The molecule has 2 heterocycles. The maximum atomic E-state index is 10.6. The highest BCUT2D eigenvalue weighted by atomic mass is 16.4. The van der Waals surface area contributed by atoms with E-state index < -0.39 is 5.97 Å². The number of carboxylic acids is 1. The van der Waals surface area contributed by atoms with Crippen LogP contribution >= 0.6 is 0 Å². The third-order valence-electron chi connectivity index (χ3n) is 2.18. The lowest BCUT2D eigenvalue weighted by Crippen LogP contribution is -2.04. The van der Waals surface area contributed by atoms with Crippen LogP contribution in [0.3, 0.4) is 0 Å². The molecule has 4 nitrogen and oxygen atoms in total. The van der Waals surface area contributed by atoms with Crippen molar-refractivity contribution in [1.29, 1.82) is 0 Å². The number of fused-ring (bicyclic) bond motifs is 1. The van der Waals surface area contributed by atoms with Crippen LogP contribution in [-0.2, 0) is 11.2 Å². The van der Waals surface area contributed by atoms with Crippen molar-refractivity contribution >= 4 is 11.5 Å². The molecular formula is C10H10N2O2. The molecule has 0 bridgehead atoms. The number of pyridine rings is 1. The van der Waals surface area contributed by atoms with Crippen LogP contribution in [0.15, 0.2) is 24.5 Å². The highest BCUT2D eigenvalue weighted by Gasteiger charge is 2.06. The van der Waals surface area contributed by atoms with Gasteiger partial charge in [-0.3, -0.25) is 4.79 Å². The smallest absolute Gasteiger partial charge is 0.309 e. The zero-order chi connectivity index (χ0) is 10.1. The normalized spacial score (nSPS) is 10.6. The Balaban J connectivity index is 2.59. The first-order valence-corrected chi connectivity index (χ1v) is 4.32. The van der Waals surface area contributed by atoms with E-state index in [2.05, 4.69) is 4.98 Å². The average molecular weight is 190 g/mol. The number of hydrogen-bond donors (Lipinski definition) is 1. The predicted molar refractivity (Wildman–Crippen MR) is 51.3 cm³/mol. The Labute approximate surface area is 80.8 Å². The maximum Gasteiger partial charge on any atom is 0.309 e. The molecule has 0 aliphatic rings. The van der Waals surface area contributed by atoms with Crippen molar-refractivity contribution in [1.82, 2.24) is 9.38 Å². The molecule has 4 heteroatoms. The van der Waals surface area contributed by atoms with Crippen LogP contribution in [0.1, 0.15) is 11.4 Å². The van der Waals surface area contributed by atoms with Crippen molar-refractivity contribution in [2.45, 2.75) is 13.3 Å². The molecule has 0 unspecified atom stereocenters. The zero-order valence-electron chi connectivity index (χ0n) is 7.77. The number of aliphatic carboxylic acids is 1. The third kappa shape index (κ3) is 1.35. The Morgan fingerprint density at radius 1 is 1.57 bits per heavy atom. The van der Waals surface area contributed by atoms with Crippen molar-refractivity contribution in [2.75, 3.05) is 0 Å². The Kier molecular flexibility index (Phi) is 1.96. The summed E-state index contributed by atoms with van der Waals surface area (Å²) in [4.78, 5) is 14.7. The first-order chi connectivity index (χ1) is 6.68. The Bertz CT molecular complexity index is 488. The number of imidazole rings is 1. The van der Waals surface area contributed by atoms with Crippen molar-refractivity contribution in [3.05, 3.63) is 35.9 Å². The second kappa shape index (κ2) is 3.14. The number of aromatic nitrogens is 2. The molecule has 0 fully saturated rings. The molecule has 0 amide bonds. The van der Waals surface area contributed by atoms with E-state index in [0.29, 0.717) is 0 Å². The topological polar surface area (TPSA) is 54.6 Å². The second-order valence-electron chi connectivity index (χ2n) is 3.17. The summed E-state index contributed by atoms with van der Waals surface area (Å²) in [6.07, 6.45) is 1.68. The van der Waals surface area contributed by atoms with E-state index in [1.807, 2.05) is 23.5 Å². The minimum Gasteiger partial charge on any atom is -0.481 e. The van der Waals surface area contributed by atoms with Gasteiger partial charge in [0.25, 0.3) is 0 Å². The van der Waals surface area contributed by atoms with Gasteiger partial charge in [-0.25, -0.2) is 4.98 Å². The minimum atomic E-state index is -0.830. The summed E-state index contributed by atoms with van der Waals surface area (Å²) in [7, 11) is 0. The molecule has 0 atom stereocenters. The molecule has 2 aromatic rings. The van der Waals surface area contributed by atoms with Gasteiger partial charge in [0.1, 0.15) is 0 Å². The van der Waals surface area contributed by atoms with Gasteiger partial charge in [-0.1, -0.05) is 6.07 Å². The lowest BCUT2D eigenvalue weighted by molar-refractivity contribution is -0.136. The number of aryl methyl sites for hydroxylation is 1. The fourth-order valence-electron chi connectivity index (χ4n) is 1.51. The molecule has 2 aromatic heterocycles. The summed E-state index contributed by atoms with van der Waals surface area (Å²) >= 11 is 0. The molecule has 0 aliphatic carbocycles. The molecule has 0 spiro atoms. The highest BCUT2D eigenvalue weighted by Crippen LogP contribution is 2.11. The summed E-state index contributed by atoms with van der Waals surface area (Å²) in [5.41, 5.74) is 2.62. The van der Waals surface area contributed by atoms with Crippen LogP contribution in [0.2, 0.25) is 0 Å². The Morgan fingerprint density at radius 3 is 3.07 bits per heavy atom. The monoisotopic (exact) mass is 190 g/mol. The van der Waals surface area contributed by atoms with Crippen LogP contribution in [0, 0.1) is 6.92 Å². The van der Waals surface area contributed by atoms with Gasteiger partial charge in [0.05, 0.1) is 24.0 Å². The summed E-state index contributed by atoms with van der Waals surface area (Å²) in [6, 6.07) is 5.57. The lowest BCUT2D eigenvalue weighted by atomic mass is 10.2. The Morgan fingerprint density at radius 2 is 2.36 bits per heavy atom. The fourth-order valence-corrected chi connectivity index (χ4v) is 1.51. The largest absolute Gasteiger partial charge is 0.481 e. The quantitative estimate of drug-likeness (QED) is 0.775. The summed E-state index contributed by atoms with van der Waals surface area (Å²) in [5, 5.41) is 8.70. The van der Waals surface area contributed by atoms with Crippen molar-refractivity contribution in [2.24, 2.45) is 0 Å². The van der Waals surface area contributed by atoms with E-state index in [9.17, 15) is 4.79 Å². The van der Waals surface area contributed by atoms with E-state index in [0.717, 1.165) is 16.9 Å². The van der Waals surface area contributed by atoms with E-state index in [4.69, 9.17) is 5.11 Å². The molecule has 0 aliphatic heterocycles. The van der Waals surface area contributed by atoms with Gasteiger partial charge in [-0.15, -0.1) is 0 Å². The lowest BCUT2D eigenvalue weighted by Gasteiger charge is -2.01. The van der Waals surface area contributed by atoms with Crippen LogP contribution in [0.4, 0.5) is 0 Å². The fraction of sp³-hybridized carbons (Fsp3) is 0.200. The average Bonchev–Trinajstić information content (AvgIpc) is 2.49. The molecule has 1 N–H and O–H groups in total. The number of carbonyl (C=O) groups is 1. The molecular weight excluding hydrogens is 180 g/mol. The van der Waals surface area contributed by atoms with Gasteiger partial charge < -0.3 is 9.51 Å². The van der Waals surface area contributed by atoms with Crippen LogP contribution < -0.4 is 0 Å². The van der Waals surface area contributed by atoms with Gasteiger partial charge in [0.15, 0.2) is 0 Å². The van der Waals surface area contributed by atoms with Crippen molar-refractivity contribution in [3.8, 4) is 0 Å². The minimum absolute atomic E-state index is 0.0210. The van der Waals surface area contributed by atoms with E-state index in [-0.39, 0.29) is 6.42 Å². The van der Waals surface area contributed by atoms with Crippen molar-refractivity contribution < 1.29 is 9.90 Å². The first kappa shape index (κ1) is 8.74. The molecule has 2 rings (SSSR count). The first-order valence-electron chi connectivity index (χ1n) is 4.32. The standard InChI is InChI=1S/C10H10N2O2/c1-7-9-4-2-3-8(5-10(13)14)12(9)6-11-7/h2-4,6H,5H2,1H3,(H,13,14). The summed E-state index contributed by atoms with van der Waals surface area (Å²) < 4.78 is 1.81. The Hall–Kier alpha value is -1.84. The van der Waals surface area contributed by atoms with E-state index in [1.54, 1.807) is 12.4 Å². The third-order valence-corrected chi connectivity index (χ3v) is 2.18. The van der Waals surface area contributed by atoms with Crippen LogP contribution in [0.5, 0.6) is 0 Å².